The van der Waals surface area contributed by atoms with Gasteiger partial charge in [0.05, 0.1) is 6.20 Å². The van der Waals surface area contributed by atoms with Gasteiger partial charge in [0, 0.05) is 0 Å². The highest BCUT2D eigenvalue weighted by Crippen LogP contribution is 2.16. The second-order valence-corrected chi connectivity index (χ2v) is 4.07. The Morgan fingerprint density at radius 1 is 1.22 bits per heavy atom. The molecule has 94 valence electrons. The molecule has 8 heteroatoms. The number of nitrogen functional groups attached to an aromatic ring is 1. The third kappa shape index (κ3) is 3.18. The van der Waals surface area contributed by atoms with E-state index in [9.17, 15) is 4.39 Å². The predicted molar refractivity (Wildman–Crippen MR) is 65.0 cm³/mol. The van der Waals surface area contributed by atoms with Gasteiger partial charge in [-0.1, -0.05) is 23.2 Å². The van der Waals surface area contributed by atoms with Crippen LogP contribution in [0.3, 0.4) is 0 Å². The lowest BCUT2D eigenvalue weighted by atomic mass is 10.3. The minimum Gasteiger partial charge on any atom is -0.459 e. The van der Waals surface area contributed by atoms with E-state index >= 15 is 0 Å². The number of hydrogen-bond donors (Lipinski definition) is 1. The highest BCUT2D eigenvalue weighted by Gasteiger charge is 2.05. The highest BCUT2D eigenvalue weighted by molar-refractivity contribution is 6.32. The molecule has 2 rings (SSSR count). The molecule has 2 aromatic rings. The first-order valence-corrected chi connectivity index (χ1v) is 5.53. The van der Waals surface area contributed by atoms with Gasteiger partial charge >= 0.3 is 6.01 Å². The fraction of sp³-hybridized carbons (Fsp3) is 0.100. The van der Waals surface area contributed by atoms with Gasteiger partial charge in [-0.3, -0.25) is 0 Å². The topological polar surface area (TPSA) is 73.9 Å². The summed E-state index contributed by atoms with van der Waals surface area (Å²) in [7, 11) is 0. The molecule has 0 aliphatic heterocycles. The molecule has 0 radical (unpaired) electrons. The Bertz CT molecular complexity index is 562. The normalized spacial score (nSPS) is 10.4. The summed E-state index contributed by atoms with van der Waals surface area (Å²) in [4.78, 5) is 11.0. The van der Waals surface area contributed by atoms with Crippen LogP contribution in [0, 0.1) is 5.82 Å². The predicted octanol–water partition coefficient (Wildman–Crippen LogP) is 2.48. The number of ether oxygens (including phenoxy) is 1. The number of nitrogens with two attached hydrogens (primary N) is 1. The lowest BCUT2D eigenvalue weighted by molar-refractivity contribution is 0.280. The number of halogens is 3. The van der Waals surface area contributed by atoms with Crippen LogP contribution in [0.25, 0.3) is 0 Å². The lowest BCUT2D eigenvalue weighted by Crippen LogP contribution is -2.03. The second kappa shape index (κ2) is 5.32. The fourth-order valence-corrected chi connectivity index (χ4v) is 1.68. The Hall–Kier alpha value is -1.66. The van der Waals surface area contributed by atoms with Crippen molar-refractivity contribution >= 4 is 29.0 Å². The van der Waals surface area contributed by atoms with Crippen molar-refractivity contribution in [2.24, 2.45) is 0 Å². The van der Waals surface area contributed by atoms with Crippen LogP contribution in [0.15, 0.2) is 18.3 Å². The average Bonchev–Trinajstić information content (AvgIpc) is 2.29. The summed E-state index contributed by atoms with van der Waals surface area (Å²) in [5.41, 5.74) is 5.97. The smallest absolute Gasteiger partial charge is 0.318 e. The Labute approximate surface area is 112 Å². The molecule has 5 nitrogen and oxygen atoms in total. The van der Waals surface area contributed by atoms with E-state index in [-0.39, 0.29) is 28.7 Å². The van der Waals surface area contributed by atoms with Crippen molar-refractivity contribution in [3.63, 3.8) is 0 Å². The van der Waals surface area contributed by atoms with E-state index in [2.05, 4.69) is 15.0 Å². The van der Waals surface area contributed by atoms with Gasteiger partial charge in [0.25, 0.3) is 0 Å². The van der Waals surface area contributed by atoms with Crippen LogP contribution in [0.4, 0.5) is 10.2 Å². The third-order valence-electron chi connectivity index (χ3n) is 1.94. The molecule has 0 aromatic carbocycles. The van der Waals surface area contributed by atoms with Gasteiger partial charge < -0.3 is 10.5 Å². The summed E-state index contributed by atoms with van der Waals surface area (Å²) in [6, 6.07) is 3.14. The molecule has 2 heterocycles. The first-order chi connectivity index (χ1) is 8.54. The van der Waals surface area contributed by atoms with Crippen LogP contribution in [-0.4, -0.2) is 15.0 Å². The number of rotatable bonds is 3. The van der Waals surface area contributed by atoms with Crippen molar-refractivity contribution in [1.29, 1.82) is 0 Å². The molecule has 0 saturated heterocycles. The van der Waals surface area contributed by atoms with E-state index in [1.165, 1.54) is 0 Å². The molecule has 0 unspecified atom stereocenters. The molecule has 2 aromatic heterocycles. The fourth-order valence-electron chi connectivity index (χ4n) is 1.18. The van der Waals surface area contributed by atoms with Gasteiger partial charge in [0.2, 0.25) is 0 Å². The standard InChI is InChI=1S/C10H7Cl2FN4O/c11-7-1-5(2-8(12)16-7)4-18-10-15-3-6(13)9(14)17-10/h1-3H,4H2,(H2,14,15,17). The first kappa shape index (κ1) is 12.8. The zero-order chi connectivity index (χ0) is 13.1. The van der Waals surface area contributed by atoms with Crippen molar-refractivity contribution in [3.8, 4) is 6.01 Å². The summed E-state index contributed by atoms with van der Waals surface area (Å²) in [5, 5.41) is 0.501. The molecular formula is C10H7Cl2FN4O. The van der Waals surface area contributed by atoms with E-state index in [1.54, 1.807) is 12.1 Å². The van der Waals surface area contributed by atoms with Gasteiger partial charge in [-0.25, -0.2) is 14.4 Å². The molecule has 0 fully saturated rings. The first-order valence-electron chi connectivity index (χ1n) is 4.77. The minimum atomic E-state index is -0.697. The zero-order valence-electron chi connectivity index (χ0n) is 8.90. The van der Waals surface area contributed by atoms with Crippen molar-refractivity contribution < 1.29 is 9.13 Å². The van der Waals surface area contributed by atoms with Crippen LogP contribution in [0.2, 0.25) is 10.3 Å². The zero-order valence-corrected chi connectivity index (χ0v) is 10.4. The van der Waals surface area contributed by atoms with Crippen LogP contribution in [-0.2, 0) is 6.61 Å². The molecule has 18 heavy (non-hydrogen) atoms. The Balaban J connectivity index is 2.08. The van der Waals surface area contributed by atoms with Gasteiger partial charge in [-0.2, -0.15) is 4.98 Å². The molecule has 0 saturated carbocycles. The van der Waals surface area contributed by atoms with Crippen LogP contribution < -0.4 is 10.5 Å². The largest absolute Gasteiger partial charge is 0.459 e. The summed E-state index contributed by atoms with van der Waals surface area (Å²) >= 11 is 11.5. The van der Waals surface area contributed by atoms with Gasteiger partial charge in [0.1, 0.15) is 16.9 Å². The molecule has 0 bridgehead atoms. The number of anilines is 1. The number of aromatic nitrogens is 3. The molecule has 2 N–H and O–H groups in total. The lowest BCUT2D eigenvalue weighted by Gasteiger charge is -2.05. The summed E-state index contributed by atoms with van der Waals surface area (Å²) in [5.74, 6) is -0.969. The molecule has 0 aliphatic rings. The SMILES string of the molecule is Nc1nc(OCc2cc(Cl)nc(Cl)c2)ncc1F. The molecule has 0 spiro atoms. The third-order valence-corrected chi connectivity index (χ3v) is 2.33. The molecule has 0 amide bonds. The second-order valence-electron chi connectivity index (χ2n) is 3.30. The maximum atomic E-state index is 12.8. The van der Waals surface area contributed by atoms with Crippen molar-refractivity contribution in [2.45, 2.75) is 6.61 Å². The highest BCUT2D eigenvalue weighted by atomic mass is 35.5. The van der Waals surface area contributed by atoms with Crippen molar-refractivity contribution in [1.82, 2.24) is 15.0 Å². The van der Waals surface area contributed by atoms with Crippen molar-refractivity contribution in [3.05, 3.63) is 40.0 Å². The number of nitrogens with zero attached hydrogens (tertiary/aromatic N) is 3. The Morgan fingerprint density at radius 3 is 2.50 bits per heavy atom. The quantitative estimate of drug-likeness (QED) is 0.879. The van der Waals surface area contributed by atoms with E-state index in [4.69, 9.17) is 33.7 Å². The summed E-state index contributed by atoms with van der Waals surface area (Å²) in [6.07, 6.45) is 0.935. The monoisotopic (exact) mass is 288 g/mol. The van der Waals surface area contributed by atoms with Crippen LogP contribution >= 0.6 is 23.2 Å². The average molecular weight is 289 g/mol. The van der Waals surface area contributed by atoms with Gasteiger partial charge in [-0.15, -0.1) is 0 Å². The van der Waals surface area contributed by atoms with Gasteiger partial charge in [0.15, 0.2) is 11.6 Å². The van der Waals surface area contributed by atoms with Crippen LogP contribution in [0.5, 0.6) is 6.01 Å². The maximum Gasteiger partial charge on any atom is 0.318 e. The Kier molecular flexibility index (Phi) is 3.78. The minimum absolute atomic E-state index is 0.0297. The van der Waals surface area contributed by atoms with E-state index in [0.29, 0.717) is 5.56 Å². The molecule has 0 atom stereocenters. The maximum absolute atomic E-state index is 12.8. The molecular weight excluding hydrogens is 282 g/mol. The van der Waals surface area contributed by atoms with Crippen LogP contribution in [0.1, 0.15) is 5.56 Å². The van der Waals surface area contributed by atoms with Gasteiger partial charge in [-0.05, 0) is 17.7 Å². The van der Waals surface area contributed by atoms with E-state index in [1.807, 2.05) is 0 Å². The van der Waals surface area contributed by atoms with E-state index < -0.39 is 5.82 Å². The number of pyridine rings is 1. The van der Waals surface area contributed by atoms with E-state index in [0.717, 1.165) is 6.20 Å². The number of hydrogen-bond acceptors (Lipinski definition) is 5. The summed E-state index contributed by atoms with van der Waals surface area (Å²) in [6.45, 7) is 0.118. The molecule has 0 aliphatic carbocycles. The summed E-state index contributed by atoms with van der Waals surface area (Å²) < 4.78 is 18.0. The van der Waals surface area contributed by atoms with Crippen molar-refractivity contribution in [2.75, 3.05) is 5.73 Å². The Morgan fingerprint density at radius 2 is 1.89 bits per heavy atom.